The Kier molecular flexibility index (Phi) is 2.99. The van der Waals surface area contributed by atoms with Gasteiger partial charge in [-0.3, -0.25) is 0 Å². The highest BCUT2D eigenvalue weighted by atomic mass is 19.1. The third kappa shape index (κ3) is 1.95. The van der Waals surface area contributed by atoms with E-state index >= 15 is 0 Å². The number of fused-ring (bicyclic) bond motifs is 2. The molecule has 3 nitrogen and oxygen atoms in total. The number of carbonyl (C=O) groups excluding carboxylic acids is 1. The summed E-state index contributed by atoms with van der Waals surface area (Å²) in [5, 5.41) is 2.47. The monoisotopic (exact) mass is 270 g/mol. The summed E-state index contributed by atoms with van der Waals surface area (Å²) in [4.78, 5) is 11.4. The predicted octanol–water partition coefficient (Wildman–Crippen LogP) is 4.28. The van der Waals surface area contributed by atoms with Crippen molar-refractivity contribution in [3.05, 3.63) is 54.3 Å². The van der Waals surface area contributed by atoms with Crippen LogP contribution in [0, 0.1) is 5.82 Å². The molecule has 0 aliphatic rings. The molecule has 0 aliphatic carbocycles. The lowest BCUT2D eigenvalue weighted by Crippen LogP contribution is -2.08. The maximum atomic E-state index is 13.9. The van der Waals surface area contributed by atoms with Gasteiger partial charge in [-0.1, -0.05) is 36.4 Å². The Morgan fingerprint density at radius 3 is 2.55 bits per heavy atom. The molecule has 0 bridgehead atoms. The van der Waals surface area contributed by atoms with Crippen LogP contribution in [-0.2, 0) is 4.74 Å². The van der Waals surface area contributed by atoms with E-state index in [0.717, 1.165) is 10.8 Å². The summed E-state index contributed by atoms with van der Waals surface area (Å²) in [7, 11) is 1.23. The van der Waals surface area contributed by atoms with Crippen LogP contribution in [-0.4, -0.2) is 13.3 Å². The van der Waals surface area contributed by atoms with E-state index < -0.39 is 6.16 Å². The Labute approximate surface area is 114 Å². The fraction of sp³-hybridized carbons (Fsp3) is 0.0625. The van der Waals surface area contributed by atoms with Crippen LogP contribution in [0.2, 0.25) is 0 Å². The number of carbonyl (C=O) groups is 1. The summed E-state index contributed by atoms with van der Waals surface area (Å²) in [6.07, 6.45) is -0.827. The molecule has 0 aromatic heterocycles. The van der Waals surface area contributed by atoms with Crippen LogP contribution in [0.3, 0.4) is 0 Å². The molecule has 0 radical (unpaired) electrons. The zero-order valence-corrected chi connectivity index (χ0v) is 10.7. The van der Waals surface area contributed by atoms with E-state index in [1.54, 1.807) is 18.2 Å². The highest BCUT2D eigenvalue weighted by molar-refractivity contribution is 6.06. The molecule has 0 amide bonds. The number of rotatable bonds is 1. The molecule has 0 heterocycles. The molecule has 0 atom stereocenters. The maximum absolute atomic E-state index is 13.9. The second kappa shape index (κ2) is 4.81. The van der Waals surface area contributed by atoms with E-state index in [-0.39, 0.29) is 5.82 Å². The smallest absolute Gasteiger partial charge is 0.437 e. The average Bonchev–Trinajstić information content (AvgIpc) is 2.48. The first-order valence-corrected chi connectivity index (χ1v) is 6.06. The number of halogens is 1. The fourth-order valence-electron chi connectivity index (χ4n) is 2.25. The Bertz CT molecular complexity index is 811. The lowest BCUT2D eigenvalue weighted by molar-refractivity contribution is 0.122. The molecule has 20 heavy (non-hydrogen) atoms. The molecular formula is C16H11FO3. The largest absolute Gasteiger partial charge is 0.513 e. The second-order valence-electron chi connectivity index (χ2n) is 4.32. The topological polar surface area (TPSA) is 35.5 Å². The van der Waals surface area contributed by atoms with Crippen molar-refractivity contribution in [1.29, 1.82) is 0 Å². The first-order valence-electron chi connectivity index (χ1n) is 6.06. The van der Waals surface area contributed by atoms with Gasteiger partial charge in [0.25, 0.3) is 0 Å². The van der Waals surface area contributed by atoms with Crippen molar-refractivity contribution in [1.82, 2.24) is 0 Å². The van der Waals surface area contributed by atoms with Crippen LogP contribution < -0.4 is 4.74 Å². The first kappa shape index (κ1) is 12.4. The molecule has 0 spiro atoms. The minimum atomic E-state index is -0.827. The van der Waals surface area contributed by atoms with Crippen LogP contribution in [0.1, 0.15) is 0 Å². The zero-order valence-electron chi connectivity index (χ0n) is 10.7. The van der Waals surface area contributed by atoms with Crippen molar-refractivity contribution in [3.63, 3.8) is 0 Å². The van der Waals surface area contributed by atoms with Gasteiger partial charge in [0.2, 0.25) is 0 Å². The SMILES string of the molecule is COC(=O)Oc1c2ccccc2cc2c(F)cccc12. The number of hydrogen-bond donors (Lipinski definition) is 0. The lowest BCUT2D eigenvalue weighted by atomic mass is 10.0. The predicted molar refractivity (Wildman–Crippen MR) is 74.4 cm³/mol. The molecule has 0 N–H and O–H groups in total. The molecule has 0 fully saturated rings. The van der Waals surface area contributed by atoms with Gasteiger partial charge in [0.1, 0.15) is 11.6 Å². The van der Waals surface area contributed by atoms with Crippen molar-refractivity contribution in [2.45, 2.75) is 0 Å². The Hall–Kier alpha value is -2.62. The highest BCUT2D eigenvalue weighted by Gasteiger charge is 2.14. The number of methoxy groups -OCH3 is 1. The van der Waals surface area contributed by atoms with Gasteiger partial charge in [0.15, 0.2) is 0 Å². The van der Waals surface area contributed by atoms with Crippen LogP contribution in [0.5, 0.6) is 5.75 Å². The van der Waals surface area contributed by atoms with Crippen LogP contribution in [0.25, 0.3) is 21.5 Å². The molecule has 0 aliphatic heterocycles. The van der Waals surface area contributed by atoms with Gasteiger partial charge in [-0.25, -0.2) is 9.18 Å². The Morgan fingerprint density at radius 1 is 1.00 bits per heavy atom. The fourth-order valence-corrected chi connectivity index (χ4v) is 2.25. The molecule has 0 unspecified atom stereocenters. The molecule has 0 saturated carbocycles. The molecule has 0 saturated heterocycles. The standard InChI is InChI=1S/C16H11FO3/c1-19-16(18)20-15-11-6-3-2-5-10(11)9-13-12(15)7-4-8-14(13)17/h2-9H,1H3. The zero-order chi connectivity index (χ0) is 14.1. The van der Waals surface area contributed by atoms with Crippen LogP contribution in [0.15, 0.2) is 48.5 Å². The van der Waals surface area contributed by atoms with Gasteiger partial charge >= 0.3 is 6.16 Å². The lowest BCUT2D eigenvalue weighted by Gasteiger charge is -2.11. The summed E-state index contributed by atoms with van der Waals surface area (Å²) in [5.41, 5.74) is 0. The van der Waals surface area contributed by atoms with Crippen molar-refractivity contribution in [2.24, 2.45) is 0 Å². The van der Waals surface area contributed by atoms with Gasteiger partial charge in [-0.2, -0.15) is 0 Å². The van der Waals surface area contributed by atoms with E-state index in [9.17, 15) is 9.18 Å². The van der Waals surface area contributed by atoms with E-state index in [0.29, 0.717) is 16.5 Å². The first-order chi connectivity index (χ1) is 9.70. The Morgan fingerprint density at radius 2 is 1.75 bits per heavy atom. The van der Waals surface area contributed by atoms with E-state index in [4.69, 9.17) is 4.74 Å². The van der Waals surface area contributed by atoms with Gasteiger partial charge in [-0.15, -0.1) is 0 Å². The molecule has 4 heteroatoms. The molecular weight excluding hydrogens is 259 g/mol. The molecule has 3 rings (SSSR count). The van der Waals surface area contributed by atoms with E-state index in [2.05, 4.69) is 4.74 Å². The minimum Gasteiger partial charge on any atom is -0.437 e. The van der Waals surface area contributed by atoms with Gasteiger partial charge in [-0.05, 0) is 17.5 Å². The van der Waals surface area contributed by atoms with Crippen molar-refractivity contribution in [2.75, 3.05) is 7.11 Å². The number of hydrogen-bond acceptors (Lipinski definition) is 3. The van der Waals surface area contributed by atoms with E-state index in [1.807, 2.05) is 24.3 Å². The quantitative estimate of drug-likeness (QED) is 0.376. The van der Waals surface area contributed by atoms with Gasteiger partial charge in [0, 0.05) is 16.2 Å². The van der Waals surface area contributed by atoms with Crippen molar-refractivity contribution >= 4 is 27.7 Å². The molecule has 3 aromatic rings. The van der Waals surface area contributed by atoms with E-state index in [1.165, 1.54) is 13.2 Å². The van der Waals surface area contributed by atoms with Crippen molar-refractivity contribution in [3.8, 4) is 5.75 Å². The number of ether oxygens (including phenoxy) is 2. The Balaban J connectivity index is 2.40. The second-order valence-corrected chi connectivity index (χ2v) is 4.32. The maximum Gasteiger partial charge on any atom is 0.513 e. The highest BCUT2D eigenvalue weighted by Crippen LogP contribution is 2.36. The summed E-state index contributed by atoms with van der Waals surface area (Å²) in [6, 6.07) is 13.7. The summed E-state index contributed by atoms with van der Waals surface area (Å²) < 4.78 is 23.7. The summed E-state index contributed by atoms with van der Waals surface area (Å²) in [5.74, 6) is -0.0487. The normalized spacial score (nSPS) is 10.7. The number of benzene rings is 3. The van der Waals surface area contributed by atoms with Crippen LogP contribution in [0.4, 0.5) is 9.18 Å². The molecule has 100 valence electrons. The average molecular weight is 270 g/mol. The third-order valence-corrected chi connectivity index (χ3v) is 3.15. The third-order valence-electron chi connectivity index (χ3n) is 3.15. The van der Waals surface area contributed by atoms with Crippen LogP contribution >= 0.6 is 0 Å². The molecule has 3 aromatic carbocycles. The van der Waals surface area contributed by atoms with Crippen molar-refractivity contribution < 1.29 is 18.7 Å². The summed E-state index contributed by atoms with van der Waals surface area (Å²) >= 11 is 0. The summed E-state index contributed by atoms with van der Waals surface area (Å²) in [6.45, 7) is 0. The van der Waals surface area contributed by atoms with Gasteiger partial charge < -0.3 is 9.47 Å². The minimum absolute atomic E-state index is 0.310. The van der Waals surface area contributed by atoms with Gasteiger partial charge in [0.05, 0.1) is 7.11 Å².